The summed E-state index contributed by atoms with van der Waals surface area (Å²) >= 11 is 0. The highest BCUT2D eigenvalue weighted by atomic mass is 16.6. The SMILES string of the molecule is CCCCCCCC/C=C\CCCCCCCCCCCC[N+](N)([O-])CCC. The average Bonchev–Trinajstić information content (AvgIpc) is 2.66. The minimum atomic E-state index is -0.537. The molecule has 0 amide bonds. The Morgan fingerprint density at radius 2 is 0.929 bits per heavy atom. The fourth-order valence-electron chi connectivity index (χ4n) is 3.82. The third-order valence-corrected chi connectivity index (χ3v) is 5.65. The molecule has 2 N–H and O–H groups in total. The number of hydrogen-bond acceptors (Lipinski definition) is 2. The molecule has 0 rings (SSSR count). The maximum Gasteiger partial charge on any atom is 0.0958 e. The molecule has 0 aromatic carbocycles. The van der Waals surface area contributed by atoms with E-state index in [0.29, 0.717) is 13.1 Å². The first kappa shape index (κ1) is 27.6. The van der Waals surface area contributed by atoms with E-state index in [1.54, 1.807) is 0 Å². The Balaban J connectivity index is 3.16. The van der Waals surface area contributed by atoms with Gasteiger partial charge in [0.25, 0.3) is 0 Å². The van der Waals surface area contributed by atoms with Crippen molar-refractivity contribution in [2.45, 2.75) is 136 Å². The first-order valence-corrected chi connectivity index (χ1v) is 12.6. The summed E-state index contributed by atoms with van der Waals surface area (Å²) in [4.78, 5) is 0. The zero-order chi connectivity index (χ0) is 20.8. The lowest BCUT2D eigenvalue weighted by Gasteiger charge is -2.36. The van der Waals surface area contributed by atoms with Gasteiger partial charge in [-0.05, 0) is 44.9 Å². The topological polar surface area (TPSA) is 49.1 Å². The van der Waals surface area contributed by atoms with Crippen molar-refractivity contribution in [1.82, 2.24) is 0 Å². The lowest BCUT2D eigenvalue weighted by molar-refractivity contribution is -0.892. The Hall–Kier alpha value is -0.380. The van der Waals surface area contributed by atoms with Crippen molar-refractivity contribution in [2.24, 2.45) is 5.84 Å². The molecule has 0 aromatic heterocycles. The van der Waals surface area contributed by atoms with E-state index in [1.807, 2.05) is 6.92 Å². The van der Waals surface area contributed by atoms with Crippen LogP contribution in [0.4, 0.5) is 0 Å². The van der Waals surface area contributed by atoms with E-state index in [-0.39, 0.29) is 0 Å². The van der Waals surface area contributed by atoms with Gasteiger partial charge in [-0.3, -0.25) is 4.76 Å². The van der Waals surface area contributed by atoms with Crippen LogP contribution in [0.2, 0.25) is 0 Å². The molecule has 0 heterocycles. The highest BCUT2D eigenvalue weighted by Gasteiger charge is 2.08. The van der Waals surface area contributed by atoms with Gasteiger partial charge in [0.1, 0.15) is 0 Å². The summed E-state index contributed by atoms with van der Waals surface area (Å²) in [5, 5.41) is 11.8. The number of rotatable bonds is 22. The molecule has 0 saturated heterocycles. The van der Waals surface area contributed by atoms with Gasteiger partial charge in [-0.1, -0.05) is 103 Å². The Morgan fingerprint density at radius 3 is 1.36 bits per heavy atom. The summed E-state index contributed by atoms with van der Waals surface area (Å²) in [5.41, 5.74) is 0. The van der Waals surface area contributed by atoms with Gasteiger partial charge in [-0.2, -0.15) is 5.84 Å². The van der Waals surface area contributed by atoms with Crippen LogP contribution >= 0.6 is 0 Å². The van der Waals surface area contributed by atoms with Gasteiger partial charge < -0.3 is 5.21 Å². The smallest absolute Gasteiger partial charge is 0.0958 e. The molecule has 0 aliphatic rings. The number of nitrogens with two attached hydrogens (primary N) is 1. The Labute approximate surface area is 177 Å². The monoisotopic (exact) mass is 396 g/mol. The number of unbranched alkanes of at least 4 members (excludes halogenated alkanes) is 16. The van der Waals surface area contributed by atoms with Crippen LogP contribution < -0.4 is 5.84 Å². The second kappa shape index (κ2) is 21.3. The molecule has 168 valence electrons. The van der Waals surface area contributed by atoms with E-state index in [0.717, 1.165) is 19.3 Å². The molecule has 0 aliphatic carbocycles. The van der Waals surface area contributed by atoms with Gasteiger partial charge >= 0.3 is 0 Å². The van der Waals surface area contributed by atoms with Crippen LogP contribution in [0, 0.1) is 5.21 Å². The van der Waals surface area contributed by atoms with E-state index in [9.17, 15) is 5.21 Å². The summed E-state index contributed by atoms with van der Waals surface area (Å²) < 4.78 is -0.537. The van der Waals surface area contributed by atoms with E-state index < -0.39 is 4.76 Å². The minimum Gasteiger partial charge on any atom is -0.612 e. The average molecular weight is 397 g/mol. The Morgan fingerprint density at radius 1 is 0.536 bits per heavy atom. The first-order chi connectivity index (χ1) is 13.6. The van der Waals surface area contributed by atoms with E-state index in [4.69, 9.17) is 5.84 Å². The maximum atomic E-state index is 11.8. The fraction of sp³-hybridized carbons (Fsp3) is 0.920. The van der Waals surface area contributed by atoms with E-state index >= 15 is 0 Å². The number of hydrogen-bond donors (Lipinski definition) is 1. The molecule has 0 fully saturated rings. The van der Waals surface area contributed by atoms with Crippen LogP contribution in [0.5, 0.6) is 0 Å². The lowest BCUT2D eigenvalue weighted by atomic mass is 10.1. The predicted molar refractivity (Wildman–Crippen MR) is 126 cm³/mol. The van der Waals surface area contributed by atoms with E-state index in [1.165, 1.54) is 103 Å². The molecular weight excluding hydrogens is 344 g/mol. The molecule has 0 radical (unpaired) electrons. The van der Waals surface area contributed by atoms with Crippen molar-refractivity contribution < 1.29 is 4.76 Å². The molecule has 0 spiro atoms. The molecule has 0 saturated carbocycles. The normalized spacial score (nSPS) is 14.0. The Bertz CT molecular complexity index is 329. The molecule has 3 nitrogen and oxygen atoms in total. The molecule has 0 aromatic rings. The van der Waals surface area contributed by atoms with Crippen molar-refractivity contribution in [3.05, 3.63) is 17.4 Å². The third-order valence-electron chi connectivity index (χ3n) is 5.65. The second-order valence-corrected chi connectivity index (χ2v) is 8.75. The summed E-state index contributed by atoms with van der Waals surface area (Å²) in [5.74, 6) is 5.69. The van der Waals surface area contributed by atoms with Gasteiger partial charge in [-0.15, -0.1) is 0 Å². The quantitative estimate of drug-likeness (QED) is 0.0659. The third kappa shape index (κ3) is 21.9. The molecule has 0 bridgehead atoms. The fourth-order valence-corrected chi connectivity index (χ4v) is 3.82. The second-order valence-electron chi connectivity index (χ2n) is 8.75. The summed E-state index contributed by atoms with van der Waals surface area (Å²) in [6, 6.07) is 0. The van der Waals surface area contributed by atoms with Gasteiger partial charge in [0, 0.05) is 0 Å². The highest BCUT2D eigenvalue weighted by Crippen LogP contribution is 2.13. The van der Waals surface area contributed by atoms with Crippen LogP contribution in [0.25, 0.3) is 0 Å². The predicted octanol–water partition coefficient (Wildman–Crippen LogP) is 8.18. The summed E-state index contributed by atoms with van der Waals surface area (Å²) in [6.45, 7) is 5.43. The van der Waals surface area contributed by atoms with Crippen LogP contribution in [0.1, 0.15) is 136 Å². The van der Waals surface area contributed by atoms with Gasteiger partial charge in [0.05, 0.1) is 13.1 Å². The van der Waals surface area contributed by atoms with Crippen LogP contribution in [-0.2, 0) is 0 Å². The van der Waals surface area contributed by atoms with Crippen molar-refractivity contribution in [1.29, 1.82) is 0 Å². The maximum absolute atomic E-state index is 11.8. The largest absolute Gasteiger partial charge is 0.612 e. The summed E-state index contributed by atoms with van der Waals surface area (Å²) in [6.07, 6.45) is 29.6. The highest BCUT2D eigenvalue weighted by molar-refractivity contribution is 4.81. The zero-order valence-corrected chi connectivity index (χ0v) is 19.4. The van der Waals surface area contributed by atoms with Gasteiger partial charge in [0.2, 0.25) is 0 Å². The van der Waals surface area contributed by atoms with Crippen LogP contribution in [0.3, 0.4) is 0 Å². The van der Waals surface area contributed by atoms with Gasteiger partial charge in [-0.25, -0.2) is 0 Å². The molecular formula is C25H52N2O. The first-order valence-electron chi connectivity index (χ1n) is 12.6. The van der Waals surface area contributed by atoms with Crippen molar-refractivity contribution in [3.8, 4) is 0 Å². The number of allylic oxidation sites excluding steroid dienone is 2. The number of quaternary nitrogens is 1. The number of nitrogens with zero attached hydrogens (tertiary/aromatic N) is 1. The van der Waals surface area contributed by atoms with Crippen LogP contribution in [-0.4, -0.2) is 17.8 Å². The van der Waals surface area contributed by atoms with Crippen molar-refractivity contribution >= 4 is 0 Å². The molecule has 0 aliphatic heterocycles. The molecule has 3 heteroatoms. The van der Waals surface area contributed by atoms with E-state index in [2.05, 4.69) is 19.1 Å². The molecule has 1 unspecified atom stereocenters. The summed E-state index contributed by atoms with van der Waals surface area (Å²) in [7, 11) is 0. The van der Waals surface area contributed by atoms with Crippen molar-refractivity contribution in [3.63, 3.8) is 0 Å². The Kier molecular flexibility index (Phi) is 21.0. The molecule has 1 atom stereocenters. The zero-order valence-electron chi connectivity index (χ0n) is 19.4. The van der Waals surface area contributed by atoms with Crippen LogP contribution in [0.15, 0.2) is 12.2 Å². The lowest BCUT2D eigenvalue weighted by Crippen LogP contribution is -2.50. The van der Waals surface area contributed by atoms with Crippen molar-refractivity contribution in [2.75, 3.05) is 13.1 Å². The minimum absolute atomic E-state index is 0.537. The van der Waals surface area contributed by atoms with Gasteiger partial charge in [0.15, 0.2) is 0 Å². The number of hydroxylamine groups is 2. The standard InChI is InChI=1S/C25H52N2O/c1-3-5-6-7-8-9-10-11-12-13-14-15-16-17-18-19-20-21-22-23-25-27(26,28)24-4-2/h11-12H,3-10,13-26H2,1-2H3/b12-11-. The molecule has 28 heavy (non-hydrogen) atoms.